The summed E-state index contributed by atoms with van der Waals surface area (Å²) in [6.07, 6.45) is 0.711. The van der Waals surface area contributed by atoms with E-state index in [4.69, 9.17) is 4.74 Å². The van der Waals surface area contributed by atoms with Gasteiger partial charge in [0.05, 0.1) is 26.7 Å². The molecule has 5 heteroatoms. The van der Waals surface area contributed by atoms with Gasteiger partial charge >= 0.3 is 5.97 Å². The molecule has 0 aromatic heterocycles. The molecule has 0 aliphatic heterocycles. The molecule has 4 nitrogen and oxygen atoms in total. The largest absolute Gasteiger partial charge is 1.00 e. The van der Waals surface area contributed by atoms with Gasteiger partial charge in [-0.2, -0.15) is 0 Å². The van der Waals surface area contributed by atoms with E-state index < -0.39 is 0 Å². The number of carbonyl (C=O) groups excluding carboxylic acids is 2. The number of esters is 1. The fraction of sp³-hybridized carbons (Fsp3) is 0.385. The van der Waals surface area contributed by atoms with E-state index in [1.54, 1.807) is 18.2 Å². The molecule has 0 unspecified atom stereocenters. The number of hydrogen-bond acceptors (Lipinski definition) is 3. The second kappa shape index (κ2) is 7.48. The van der Waals surface area contributed by atoms with Crippen LogP contribution >= 0.6 is 0 Å². The molecule has 0 fully saturated rings. The summed E-state index contributed by atoms with van der Waals surface area (Å²) in [5.41, 5.74) is 0.891. The van der Waals surface area contributed by atoms with Gasteiger partial charge in [-0.05, 0) is 12.1 Å². The number of carbonyl (C=O) groups is 2. The van der Waals surface area contributed by atoms with Crippen LogP contribution in [0, 0.1) is 0 Å². The van der Waals surface area contributed by atoms with Gasteiger partial charge in [0.25, 0.3) is 0 Å². The van der Waals surface area contributed by atoms with Gasteiger partial charge in [-0.1, -0.05) is 12.1 Å². The van der Waals surface area contributed by atoms with Crippen molar-refractivity contribution in [1.29, 1.82) is 0 Å². The Balaban J connectivity index is 0.00000289. The SMILES string of the molecule is C[N+](C)(C)CCOC(=O)c1cccc(C=O)c1.[I-]. The minimum absolute atomic E-state index is 0. The maximum Gasteiger partial charge on any atom is 0.338 e. The number of quaternary nitrogens is 1. The molecular formula is C13H18INO3. The van der Waals surface area contributed by atoms with Crippen LogP contribution in [-0.4, -0.2) is 51.0 Å². The fourth-order valence-corrected chi connectivity index (χ4v) is 1.23. The zero-order chi connectivity index (χ0) is 12.9. The highest BCUT2D eigenvalue weighted by Gasteiger charge is 2.11. The monoisotopic (exact) mass is 363 g/mol. The maximum atomic E-state index is 11.7. The van der Waals surface area contributed by atoms with E-state index in [2.05, 4.69) is 0 Å². The first-order valence-corrected chi connectivity index (χ1v) is 5.45. The number of benzene rings is 1. The second-order valence-corrected chi connectivity index (χ2v) is 4.89. The average Bonchev–Trinajstić information content (AvgIpc) is 2.27. The molecule has 0 atom stereocenters. The van der Waals surface area contributed by atoms with Crippen molar-refractivity contribution in [2.24, 2.45) is 0 Å². The Morgan fingerprint density at radius 2 is 2.00 bits per heavy atom. The van der Waals surface area contributed by atoms with Crippen LogP contribution < -0.4 is 24.0 Å². The summed E-state index contributed by atoms with van der Waals surface area (Å²) in [7, 11) is 6.09. The van der Waals surface area contributed by atoms with Gasteiger partial charge in [0.2, 0.25) is 0 Å². The van der Waals surface area contributed by atoms with Crippen LogP contribution in [0.15, 0.2) is 24.3 Å². The van der Waals surface area contributed by atoms with E-state index in [0.717, 1.165) is 11.0 Å². The van der Waals surface area contributed by atoms with E-state index in [0.29, 0.717) is 24.0 Å². The summed E-state index contributed by atoms with van der Waals surface area (Å²) >= 11 is 0. The maximum absolute atomic E-state index is 11.7. The van der Waals surface area contributed by atoms with Gasteiger partial charge in [-0.25, -0.2) is 4.79 Å². The van der Waals surface area contributed by atoms with Gasteiger partial charge in [0, 0.05) is 5.56 Å². The Kier molecular flexibility index (Phi) is 7.08. The van der Waals surface area contributed by atoms with Crippen LogP contribution in [0.25, 0.3) is 0 Å². The van der Waals surface area contributed by atoms with E-state index >= 15 is 0 Å². The lowest BCUT2D eigenvalue weighted by molar-refractivity contribution is -0.870. The molecule has 0 aliphatic carbocycles. The number of halogens is 1. The molecule has 0 saturated heterocycles. The third kappa shape index (κ3) is 6.11. The number of rotatable bonds is 5. The van der Waals surface area contributed by atoms with Gasteiger partial charge in [-0.15, -0.1) is 0 Å². The smallest absolute Gasteiger partial charge is 0.338 e. The lowest BCUT2D eigenvalue weighted by atomic mass is 10.1. The van der Waals surface area contributed by atoms with Gasteiger partial charge in [0.1, 0.15) is 19.4 Å². The summed E-state index contributed by atoms with van der Waals surface area (Å²) in [6.45, 7) is 1.12. The van der Waals surface area contributed by atoms with Crippen molar-refractivity contribution >= 4 is 12.3 Å². The van der Waals surface area contributed by atoms with E-state index in [1.165, 1.54) is 6.07 Å². The highest BCUT2D eigenvalue weighted by Crippen LogP contribution is 2.05. The Labute approximate surface area is 125 Å². The minimum atomic E-state index is -0.387. The minimum Gasteiger partial charge on any atom is -1.00 e. The molecule has 0 aliphatic rings. The zero-order valence-corrected chi connectivity index (χ0v) is 13.0. The first kappa shape index (κ1) is 17.1. The molecular weight excluding hydrogens is 345 g/mol. The summed E-state index contributed by atoms with van der Waals surface area (Å²) in [5.74, 6) is -0.387. The lowest BCUT2D eigenvalue weighted by Crippen LogP contribution is -3.00. The molecule has 0 amide bonds. The van der Waals surface area contributed by atoms with Crippen LogP contribution in [0.2, 0.25) is 0 Å². The first-order chi connectivity index (χ1) is 7.92. The standard InChI is InChI=1S/C13H18NO3.HI/c1-14(2,3)7-8-17-13(16)12-6-4-5-11(9-12)10-15;/h4-6,9-10H,7-8H2,1-3H3;1H/q+1;/p-1. The van der Waals surface area contributed by atoms with Crippen LogP contribution in [0.1, 0.15) is 20.7 Å². The highest BCUT2D eigenvalue weighted by molar-refractivity contribution is 5.91. The van der Waals surface area contributed by atoms with Crippen molar-refractivity contribution in [3.05, 3.63) is 35.4 Å². The second-order valence-electron chi connectivity index (χ2n) is 4.89. The molecule has 0 bridgehead atoms. The van der Waals surface area contributed by atoms with E-state index in [9.17, 15) is 9.59 Å². The molecule has 0 heterocycles. The predicted octanol–water partition coefficient (Wildman–Crippen LogP) is -1.63. The molecule has 1 rings (SSSR count). The summed E-state index contributed by atoms with van der Waals surface area (Å²) < 4.78 is 5.87. The Bertz CT molecular complexity index is 413. The van der Waals surface area contributed by atoms with Gasteiger partial charge < -0.3 is 33.2 Å². The van der Waals surface area contributed by atoms with E-state index in [1.807, 2.05) is 21.1 Å². The van der Waals surface area contributed by atoms with Crippen molar-refractivity contribution in [2.75, 3.05) is 34.3 Å². The molecule has 1 aromatic rings. The molecule has 0 saturated carbocycles. The van der Waals surface area contributed by atoms with Crippen LogP contribution in [0.3, 0.4) is 0 Å². The Morgan fingerprint density at radius 3 is 2.56 bits per heavy atom. The summed E-state index contributed by atoms with van der Waals surface area (Å²) in [4.78, 5) is 22.2. The Morgan fingerprint density at radius 1 is 1.33 bits per heavy atom. The summed E-state index contributed by atoms with van der Waals surface area (Å²) in [5, 5.41) is 0. The molecule has 0 spiro atoms. The molecule has 18 heavy (non-hydrogen) atoms. The summed E-state index contributed by atoms with van der Waals surface area (Å²) in [6, 6.07) is 6.48. The number of likely N-dealkylation sites (N-methyl/N-ethyl adjacent to an activating group) is 1. The number of aldehydes is 1. The first-order valence-electron chi connectivity index (χ1n) is 5.45. The average molecular weight is 363 g/mol. The third-order valence-corrected chi connectivity index (χ3v) is 2.25. The number of nitrogens with zero attached hydrogens (tertiary/aromatic N) is 1. The van der Waals surface area contributed by atoms with Crippen LogP contribution in [0.4, 0.5) is 0 Å². The third-order valence-electron chi connectivity index (χ3n) is 2.25. The van der Waals surface area contributed by atoms with Gasteiger partial charge in [0.15, 0.2) is 0 Å². The molecule has 1 aromatic carbocycles. The van der Waals surface area contributed by atoms with Gasteiger partial charge in [-0.3, -0.25) is 4.79 Å². The fourth-order valence-electron chi connectivity index (χ4n) is 1.23. The molecule has 0 radical (unpaired) electrons. The lowest BCUT2D eigenvalue weighted by Gasteiger charge is -2.23. The normalized spacial score (nSPS) is 10.4. The van der Waals surface area contributed by atoms with Crippen molar-refractivity contribution in [1.82, 2.24) is 0 Å². The number of ether oxygens (including phenoxy) is 1. The quantitative estimate of drug-likeness (QED) is 0.273. The molecule has 100 valence electrons. The predicted molar refractivity (Wildman–Crippen MR) is 65.0 cm³/mol. The van der Waals surface area contributed by atoms with Crippen molar-refractivity contribution in [3.63, 3.8) is 0 Å². The van der Waals surface area contributed by atoms with Crippen molar-refractivity contribution in [3.8, 4) is 0 Å². The zero-order valence-electron chi connectivity index (χ0n) is 10.9. The van der Waals surface area contributed by atoms with E-state index in [-0.39, 0.29) is 29.9 Å². The topological polar surface area (TPSA) is 43.4 Å². The highest BCUT2D eigenvalue weighted by atomic mass is 127. The van der Waals surface area contributed by atoms with Crippen LogP contribution in [0.5, 0.6) is 0 Å². The Hall–Kier alpha value is -0.950. The van der Waals surface area contributed by atoms with Crippen molar-refractivity contribution < 1.29 is 42.8 Å². The van der Waals surface area contributed by atoms with Crippen molar-refractivity contribution in [2.45, 2.75) is 0 Å². The van der Waals surface area contributed by atoms with Crippen LogP contribution in [-0.2, 0) is 4.74 Å². The number of hydrogen-bond donors (Lipinski definition) is 0. The molecule has 0 N–H and O–H groups in total.